The number of hydrogen-bond acceptors (Lipinski definition) is 5. The zero-order valence-corrected chi connectivity index (χ0v) is 16.7. The van der Waals surface area contributed by atoms with Crippen LogP contribution in [0.2, 0.25) is 5.02 Å². The van der Waals surface area contributed by atoms with E-state index in [4.69, 9.17) is 21.2 Å². The van der Waals surface area contributed by atoms with Gasteiger partial charge in [-0.1, -0.05) is 47.1 Å². The molecular formula is C21H15ClF3N3O3. The monoisotopic (exact) mass is 449 g/mol. The van der Waals surface area contributed by atoms with Crippen LogP contribution in [0.1, 0.15) is 16.8 Å². The zero-order chi connectivity index (χ0) is 22.4. The highest BCUT2D eigenvalue weighted by atomic mass is 35.5. The first-order chi connectivity index (χ1) is 14.8. The molecule has 160 valence electrons. The van der Waals surface area contributed by atoms with Crippen molar-refractivity contribution in [1.82, 2.24) is 4.98 Å². The summed E-state index contributed by atoms with van der Waals surface area (Å²) >= 11 is 6.04. The van der Waals surface area contributed by atoms with Crippen molar-refractivity contribution in [3.63, 3.8) is 0 Å². The van der Waals surface area contributed by atoms with Crippen molar-refractivity contribution in [2.75, 3.05) is 12.4 Å². The molecule has 1 heterocycles. The number of ether oxygens (including phenoxy) is 1. The summed E-state index contributed by atoms with van der Waals surface area (Å²) in [5, 5.41) is 5.97. The molecule has 0 spiro atoms. The first-order valence-electron chi connectivity index (χ1n) is 8.76. The van der Waals surface area contributed by atoms with Crippen LogP contribution >= 0.6 is 11.6 Å². The highest BCUT2D eigenvalue weighted by molar-refractivity contribution is 6.35. The number of oxime groups is 1. The number of rotatable bonds is 5. The summed E-state index contributed by atoms with van der Waals surface area (Å²) in [6.07, 6.45) is -4.88. The normalized spacial score (nSPS) is 11.7. The van der Waals surface area contributed by atoms with E-state index in [1.54, 1.807) is 54.6 Å². The molecule has 0 saturated carbocycles. The van der Waals surface area contributed by atoms with Crippen LogP contribution in [0.4, 0.5) is 23.7 Å². The van der Waals surface area contributed by atoms with Crippen molar-refractivity contribution in [2.24, 2.45) is 5.16 Å². The Hall–Kier alpha value is -3.59. The molecule has 1 N–H and O–H groups in total. The van der Waals surface area contributed by atoms with E-state index in [-0.39, 0.29) is 16.4 Å². The predicted octanol–water partition coefficient (Wildman–Crippen LogP) is 5.76. The van der Waals surface area contributed by atoms with Gasteiger partial charge in [-0.25, -0.2) is 4.79 Å². The van der Waals surface area contributed by atoms with Gasteiger partial charge >= 0.3 is 12.3 Å². The van der Waals surface area contributed by atoms with Crippen LogP contribution in [0.3, 0.4) is 0 Å². The van der Waals surface area contributed by atoms with Gasteiger partial charge in [0.1, 0.15) is 17.2 Å². The number of carbonyl (C=O) groups excluding carboxylic acids is 1. The second kappa shape index (κ2) is 9.48. The summed E-state index contributed by atoms with van der Waals surface area (Å²) < 4.78 is 43.8. The van der Waals surface area contributed by atoms with Gasteiger partial charge in [0.05, 0.1) is 17.7 Å². The van der Waals surface area contributed by atoms with Crippen LogP contribution in [0, 0.1) is 0 Å². The molecule has 1 amide bonds. The molecule has 3 aromatic rings. The molecule has 0 aliphatic rings. The lowest BCUT2D eigenvalue weighted by molar-refractivity contribution is -0.137. The fraction of sp³-hybridized carbons (Fsp3) is 0.0952. The molecule has 1 aromatic heterocycles. The number of hydrogen-bond donors (Lipinski definition) is 1. The molecule has 0 unspecified atom stereocenters. The van der Waals surface area contributed by atoms with Gasteiger partial charge in [-0.2, -0.15) is 13.2 Å². The van der Waals surface area contributed by atoms with E-state index < -0.39 is 17.8 Å². The molecular weight excluding hydrogens is 435 g/mol. The number of nitrogens with zero attached hydrogens (tertiary/aromatic N) is 2. The quantitative estimate of drug-likeness (QED) is 0.305. The first kappa shape index (κ1) is 22.1. The molecule has 0 saturated heterocycles. The van der Waals surface area contributed by atoms with Gasteiger partial charge in [-0.15, -0.1) is 0 Å². The summed E-state index contributed by atoms with van der Waals surface area (Å²) in [5.74, 6) is 0.603. The summed E-state index contributed by atoms with van der Waals surface area (Å²) in [7, 11) is 1.51. The molecule has 0 fully saturated rings. The maximum atomic E-state index is 12.9. The lowest BCUT2D eigenvalue weighted by Gasteiger charge is -2.11. The second-order valence-electron chi connectivity index (χ2n) is 6.09. The average molecular weight is 450 g/mol. The maximum absolute atomic E-state index is 12.9. The molecule has 2 aromatic carbocycles. The van der Waals surface area contributed by atoms with Gasteiger partial charge in [-0.05, 0) is 30.3 Å². The van der Waals surface area contributed by atoms with Gasteiger partial charge < -0.3 is 4.74 Å². The van der Waals surface area contributed by atoms with Crippen molar-refractivity contribution >= 4 is 29.1 Å². The van der Waals surface area contributed by atoms with E-state index in [9.17, 15) is 18.0 Å². The van der Waals surface area contributed by atoms with Gasteiger partial charge in [0.15, 0.2) is 0 Å². The Morgan fingerprint density at radius 2 is 1.77 bits per heavy atom. The Morgan fingerprint density at radius 3 is 2.35 bits per heavy atom. The van der Waals surface area contributed by atoms with Crippen LogP contribution in [-0.4, -0.2) is 23.9 Å². The van der Waals surface area contributed by atoms with E-state index in [0.29, 0.717) is 23.2 Å². The number of alkyl halides is 3. The molecule has 0 bridgehead atoms. The molecule has 31 heavy (non-hydrogen) atoms. The van der Waals surface area contributed by atoms with Crippen LogP contribution in [-0.2, 0) is 11.0 Å². The van der Waals surface area contributed by atoms with Crippen molar-refractivity contribution in [3.8, 4) is 5.75 Å². The smallest absolute Gasteiger partial charge is 0.437 e. The van der Waals surface area contributed by atoms with Gasteiger partial charge in [0, 0.05) is 17.4 Å². The number of amides is 1. The topological polar surface area (TPSA) is 72.8 Å². The van der Waals surface area contributed by atoms with E-state index in [1.807, 2.05) is 0 Å². The SMILES string of the molecule is COc1ccc(NC(=O)ON=C(c2ccccc2)c2ncc(C(F)(F)F)cc2Cl)cc1. The Balaban J connectivity index is 1.87. The third kappa shape index (κ3) is 5.73. The third-order valence-corrected chi connectivity index (χ3v) is 4.28. The summed E-state index contributed by atoms with van der Waals surface area (Å²) in [6.45, 7) is 0. The Bertz CT molecular complexity index is 1090. The number of halogens is 4. The van der Waals surface area contributed by atoms with E-state index >= 15 is 0 Å². The number of methoxy groups -OCH3 is 1. The minimum absolute atomic E-state index is 0.00999. The Morgan fingerprint density at radius 1 is 1.10 bits per heavy atom. The van der Waals surface area contributed by atoms with Crippen molar-refractivity contribution < 1.29 is 27.5 Å². The lowest BCUT2D eigenvalue weighted by Crippen LogP contribution is -2.15. The number of carbonyl (C=O) groups is 1. The molecule has 0 atom stereocenters. The molecule has 3 rings (SSSR count). The van der Waals surface area contributed by atoms with Gasteiger partial charge in [0.2, 0.25) is 0 Å². The number of nitrogens with one attached hydrogen (secondary N) is 1. The van der Waals surface area contributed by atoms with Crippen LogP contribution in [0.5, 0.6) is 5.75 Å². The minimum atomic E-state index is -4.60. The third-order valence-electron chi connectivity index (χ3n) is 4.00. The zero-order valence-electron chi connectivity index (χ0n) is 16.0. The summed E-state index contributed by atoms with van der Waals surface area (Å²) in [5.41, 5.74) is -0.226. The Kier molecular flexibility index (Phi) is 6.76. The average Bonchev–Trinajstić information content (AvgIpc) is 2.75. The Labute approximate surface area is 180 Å². The number of benzene rings is 2. The number of anilines is 1. The molecule has 0 aliphatic heterocycles. The maximum Gasteiger partial charge on any atom is 0.437 e. The molecule has 0 aliphatic carbocycles. The largest absolute Gasteiger partial charge is 0.497 e. The second-order valence-corrected chi connectivity index (χ2v) is 6.50. The summed E-state index contributed by atoms with van der Waals surface area (Å²) in [4.78, 5) is 20.8. The van der Waals surface area contributed by atoms with Crippen LogP contribution < -0.4 is 10.1 Å². The number of aromatic nitrogens is 1. The highest BCUT2D eigenvalue weighted by Crippen LogP contribution is 2.31. The summed E-state index contributed by atoms with van der Waals surface area (Å²) in [6, 6.07) is 15.5. The first-order valence-corrected chi connectivity index (χ1v) is 9.14. The predicted molar refractivity (Wildman–Crippen MR) is 109 cm³/mol. The fourth-order valence-electron chi connectivity index (χ4n) is 2.50. The fourth-order valence-corrected chi connectivity index (χ4v) is 2.75. The number of pyridine rings is 1. The van der Waals surface area contributed by atoms with E-state index in [1.165, 1.54) is 7.11 Å². The van der Waals surface area contributed by atoms with Crippen LogP contribution in [0.15, 0.2) is 72.0 Å². The van der Waals surface area contributed by atoms with Crippen molar-refractivity contribution in [3.05, 3.63) is 88.7 Å². The lowest BCUT2D eigenvalue weighted by atomic mass is 10.1. The van der Waals surface area contributed by atoms with Crippen molar-refractivity contribution in [2.45, 2.75) is 6.18 Å². The van der Waals surface area contributed by atoms with E-state index in [2.05, 4.69) is 15.5 Å². The molecule has 0 radical (unpaired) electrons. The van der Waals surface area contributed by atoms with Crippen LogP contribution in [0.25, 0.3) is 0 Å². The minimum Gasteiger partial charge on any atom is -0.497 e. The van der Waals surface area contributed by atoms with Crippen molar-refractivity contribution in [1.29, 1.82) is 0 Å². The highest BCUT2D eigenvalue weighted by Gasteiger charge is 2.32. The van der Waals surface area contributed by atoms with Gasteiger partial charge in [-0.3, -0.25) is 15.1 Å². The van der Waals surface area contributed by atoms with Gasteiger partial charge in [0.25, 0.3) is 0 Å². The molecule has 6 nitrogen and oxygen atoms in total. The standard InChI is InChI=1S/C21H15ClF3N3O3/c1-30-16-9-7-15(8-10-16)27-20(29)31-28-18(13-5-3-2-4-6-13)19-17(22)11-14(12-26-19)21(23,24)25/h2-12H,1H3,(H,27,29). The molecule has 10 heteroatoms. The van der Waals surface area contributed by atoms with E-state index in [0.717, 1.165) is 6.07 Å².